The first-order valence-electron chi connectivity index (χ1n) is 12.3. The molecule has 0 heterocycles. The number of carbonyl (C=O) groups excluding carboxylic acids is 2. The minimum Gasteiger partial charge on any atom is -0.464 e. The molecule has 0 spiro atoms. The topological polar surface area (TPSA) is 75.6 Å². The molecule has 6 heteroatoms. The zero-order valence-electron chi connectivity index (χ0n) is 20.1. The van der Waals surface area contributed by atoms with Gasteiger partial charge < -0.3 is 19.6 Å². The summed E-state index contributed by atoms with van der Waals surface area (Å²) < 4.78 is 5.90. The van der Waals surface area contributed by atoms with Crippen molar-refractivity contribution in [2.75, 3.05) is 46.9 Å². The van der Waals surface area contributed by atoms with Gasteiger partial charge in [0, 0.05) is 19.3 Å². The first kappa shape index (κ1) is 28.9. The Morgan fingerprint density at radius 3 is 1.93 bits per heavy atom. The second-order valence-corrected chi connectivity index (χ2v) is 9.07. The van der Waals surface area contributed by atoms with E-state index in [1.165, 1.54) is 57.8 Å². The van der Waals surface area contributed by atoms with Crippen LogP contribution in [0.2, 0.25) is 0 Å². The van der Waals surface area contributed by atoms with E-state index in [1.54, 1.807) is 0 Å². The number of amides is 1. The van der Waals surface area contributed by atoms with E-state index in [1.807, 2.05) is 14.1 Å². The van der Waals surface area contributed by atoms with Gasteiger partial charge in [0.2, 0.25) is 5.91 Å². The van der Waals surface area contributed by atoms with Gasteiger partial charge in [-0.15, -0.1) is 0 Å². The zero-order chi connectivity index (χ0) is 22.5. The first-order chi connectivity index (χ1) is 14.4. The van der Waals surface area contributed by atoms with Crippen LogP contribution in [0.25, 0.3) is 0 Å². The summed E-state index contributed by atoms with van der Waals surface area (Å²) in [6.07, 6.45) is 15.6. The molecule has 6 nitrogen and oxygen atoms in total. The Labute approximate surface area is 185 Å². The SMILES string of the molecule is CCCCCCCCCCCCCC(=O)OCCNC(=O)CCC[N+](C)(C)CCO. The van der Waals surface area contributed by atoms with Crippen LogP contribution in [0.5, 0.6) is 0 Å². The van der Waals surface area contributed by atoms with Crippen molar-refractivity contribution in [3.63, 3.8) is 0 Å². The van der Waals surface area contributed by atoms with E-state index in [4.69, 9.17) is 9.84 Å². The lowest BCUT2D eigenvalue weighted by Crippen LogP contribution is -2.43. The monoisotopic (exact) mass is 429 g/mol. The fourth-order valence-corrected chi connectivity index (χ4v) is 3.50. The smallest absolute Gasteiger partial charge is 0.305 e. The van der Waals surface area contributed by atoms with Crippen molar-refractivity contribution >= 4 is 11.9 Å². The highest BCUT2D eigenvalue weighted by molar-refractivity contribution is 5.75. The van der Waals surface area contributed by atoms with Crippen molar-refractivity contribution < 1.29 is 23.9 Å². The summed E-state index contributed by atoms with van der Waals surface area (Å²) in [6, 6.07) is 0. The van der Waals surface area contributed by atoms with Gasteiger partial charge in [0.1, 0.15) is 13.2 Å². The minimum absolute atomic E-state index is 0.0135. The standard InChI is InChI=1S/C24H48N2O4/c1-4-5-6-7-8-9-10-11-12-13-14-17-24(29)30-22-18-25-23(28)16-15-19-26(2,3)20-21-27/h27H,4-22H2,1-3H3/p+1. The average molecular weight is 430 g/mol. The molecule has 0 aliphatic heterocycles. The summed E-state index contributed by atoms with van der Waals surface area (Å²) in [5, 5.41) is 11.8. The predicted octanol–water partition coefficient (Wildman–Crippen LogP) is 4.20. The van der Waals surface area contributed by atoms with Gasteiger partial charge in [-0.25, -0.2) is 0 Å². The van der Waals surface area contributed by atoms with Crippen LogP contribution in [0.3, 0.4) is 0 Å². The minimum atomic E-state index is -0.164. The van der Waals surface area contributed by atoms with Gasteiger partial charge in [-0.05, 0) is 6.42 Å². The maximum absolute atomic E-state index is 11.8. The van der Waals surface area contributed by atoms with Crippen LogP contribution in [0, 0.1) is 0 Å². The van der Waals surface area contributed by atoms with Gasteiger partial charge in [0.25, 0.3) is 0 Å². The predicted molar refractivity (Wildman–Crippen MR) is 123 cm³/mol. The number of hydrogen-bond acceptors (Lipinski definition) is 4. The molecule has 0 rings (SSSR count). The Kier molecular flexibility index (Phi) is 19.0. The number of nitrogens with one attached hydrogen (secondary N) is 1. The zero-order valence-corrected chi connectivity index (χ0v) is 20.1. The Morgan fingerprint density at radius 2 is 1.37 bits per heavy atom. The number of rotatable bonds is 21. The van der Waals surface area contributed by atoms with E-state index in [9.17, 15) is 9.59 Å². The Morgan fingerprint density at radius 1 is 0.800 bits per heavy atom. The molecule has 0 saturated heterocycles. The molecule has 0 aromatic heterocycles. The van der Waals surface area contributed by atoms with E-state index >= 15 is 0 Å². The molecule has 30 heavy (non-hydrogen) atoms. The van der Waals surface area contributed by atoms with Crippen molar-refractivity contribution in [3.8, 4) is 0 Å². The molecule has 1 amide bonds. The summed E-state index contributed by atoms with van der Waals surface area (Å²) in [6.45, 7) is 4.56. The van der Waals surface area contributed by atoms with Crippen LogP contribution in [0.15, 0.2) is 0 Å². The molecule has 0 aliphatic rings. The molecule has 0 aromatic rings. The second-order valence-electron chi connectivity index (χ2n) is 9.07. The Hall–Kier alpha value is -1.14. The molecule has 178 valence electrons. The van der Waals surface area contributed by atoms with E-state index in [0.717, 1.165) is 25.8 Å². The van der Waals surface area contributed by atoms with Crippen LogP contribution >= 0.6 is 0 Å². The summed E-state index contributed by atoms with van der Waals surface area (Å²) >= 11 is 0. The van der Waals surface area contributed by atoms with Gasteiger partial charge in [0.15, 0.2) is 0 Å². The first-order valence-corrected chi connectivity index (χ1v) is 12.3. The van der Waals surface area contributed by atoms with Gasteiger partial charge in [-0.3, -0.25) is 9.59 Å². The molecule has 0 fully saturated rings. The van der Waals surface area contributed by atoms with Gasteiger partial charge in [-0.2, -0.15) is 0 Å². The molecule has 0 bridgehead atoms. The molecule has 0 aliphatic carbocycles. The van der Waals surface area contributed by atoms with E-state index < -0.39 is 0 Å². The van der Waals surface area contributed by atoms with Crippen molar-refractivity contribution in [3.05, 3.63) is 0 Å². The lowest BCUT2D eigenvalue weighted by atomic mass is 10.1. The highest BCUT2D eigenvalue weighted by Gasteiger charge is 2.14. The molecule has 0 atom stereocenters. The fourth-order valence-electron chi connectivity index (χ4n) is 3.50. The lowest BCUT2D eigenvalue weighted by molar-refractivity contribution is -0.890. The normalized spacial score (nSPS) is 11.5. The second kappa shape index (κ2) is 19.8. The molecule has 0 saturated carbocycles. The van der Waals surface area contributed by atoms with Crippen molar-refractivity contribution in [2.24, 2.45) is 0 Å². The highest BCUT2D eigenvalue weighted by atomic mass is 16.5. The van der Waals surface area contributed by atoms with E-state index in [-0.39, 0.29) is 25.1 Å². The third-order valence-electron chi connectivity index (χ3n) is 5.54. The average Bonchev–Trinajstić information content (AvgIpc) is 2.69. The van der Waals surface area contributed by atoms with Crippen LogP contribution in [-0.4, -0.2) is 68.4 Å². The fraction of sp³-hybridized carbons (Fsp3) is 0.917. The number of aliphatic hydroxyl groups is 1. The third kappa shape index (κ3) is 20.1. The number of nitrogens with zero attached hydrogens (tertiary/aromatic N) is 1. The number of ether oxygens (including phenoxy) is 1. The molecule has 0 aromatic carbocycles. The van der Waals surface area contributed by atoms with Gasteiger partial charge in [-0.1, -0.05) is 71.1 Å². The van der Waals surface area contributed by atoms with Crippen molar-refractivity contribution in [2.45, 2.75) is 96.8 Å². The number of unbranched alkanes of at least 4 members (excludes halogenated alkanes) is 10. The lowest BCUT2D eigenvalue weighted by Gasteiger charge is -2.28. The molecular weight excluding hydrogens is 380 g/mol. The van der Waals surface area contributed by atoms with Gasteiger partial charge >= 0.3 is 5.97 Å². The summed E-state index contributed by atoms with van der Waals surface area (Å²) in [7, 11) is 4.09. The largest absolute Gasteiger partial charge is 0.464 e. The quantitative estimate of drug-likeness (QED) is 0.163. The number of hydrogen-bond donors (Lipinski definition) is 2. The number of quaternary nitrogens is 1. The third-order valence-corrected chi connectivity index (χ3v) is 5.54. The van der Waals surface area contributed by atoms with Crippen molar-refractivity contribution in [1.82, 2.24) is 5.32 Å². The summed E-state index contributed by atoms with van der Waals surface area (Å²) in [5.74, 6) is -0.177. The molecule has 2 N–H and O–H groups in total. The highest BCUT2D eigenvalue weighted by Crippen LogP contribution is 2.12. The van der Waals surface area contributed by atoms with Crippen LogP contribution < -0.4 is 5.32 Å². The van der Waals surface area contributed by atoms with Gasteiger partial charge in [0.05, 0.1) is 33.8 Å². The number of likely N-dealkylation sites (N-methyl/N-ethyl adjacent to an activating group) is 1. The summed E-state index contributed by atoms with van der Waals surface area (Å²) in [4.78, 5) is 23.5. The molecule has 0 unspecified atom stereocenters. The van der Waals surface area contributed by atoms with E-state index in [2.05, 4.69) is 12.2 Å². The Balaban J connectivity index is 3.42. The van der Waals surface area contributed by atoms with Crippen molar-refractivity contribution in [1.29, 1.82) is 0 Å². The number of carbonyl (C=O) groups is 2. The number of aliphatic hydroxyl groups excluding tert-OH is 1. The maximum atomic E-state index is 11.8. The van der Waals surface area contributed by atoms with Crippen LogP contribution in [-0.2, 0) is 14.3 Å². The Bertz CT molecular complexity index is 427. The number of esters is 1. The van der Waals surface area contributed by atoms with Crippen LogP contribution in [0.1, 0.15) is 96.8 Å². The van der Waals surface area contributed by atoms with E-state index in [0.29, 0.717) is 30.4 Å². The van der Waals surface area contributed by atoms with Crippen LogP contribution in [0.4, 0.5) is 0 Å². The molecule has 0 radical (unpaired) electrons. The molecular formula is C24H49N2O4+. The maximum Gasteiger partial charge on any atom is 0.305 e. The summed E-state index contributed by atoms with van der Waals surface area (Å²) in [5.41, 5.74) is 0.